The van der Waals surface area contributed by atoms with Crippen LogP contribution in [0, 0.1) is 0 Å². The maximum Gasteiger partial charge on any atom is 0.119 e. The first-order valence-electron chi connectivity index (χ1n) is 6.74. The summed E-state index contributed by atoms with van der Waals surface area (Å²) in [5.41, 5.74) is 10.5. The van der Waals surface area contributed by atoms with E-state index in [1.165, 1.54) is 5.56 Å². The summed E-state index contributed by atoms with van der Waals surface area (Å²) in [6.07, 6.45) is 0. The Kier molecular flexibility index (Phi) is 4.10. The first kappa shape index (κ1) is 13.5. The van der Waals surface area contributed by atoms with E-state index in [2.05, 4.69) is 38.1 Å². The smallest absolute Gasteiger partial charge is 0.119 e. The van der Waals surface area contributed by atoms with Gasteiger partial charge in [-0.25, -0.2) is 0 Å². The second-order valence-corrected chi connectivity index (χ2v) is 4.96. The summed E-state index contributed by atoms with van der Waals surface area (Å²) in [6, 6.07) is 14.4. The Hall–Kier alpha value is -1.96. The molecule has 19 heavy (non-hydrogen) atoms. The minimum atomic E-state index is 0.453. The van der Waals surface area contributed by atoms with Crippen molar-refractivity contribution in [2.45, 2.75) is 26.7 Å². The molecular formula is C17H21NO. The van der Waals surface area contributed by atoms with Crippen LogP contribution in [0.4, 0.5) is 5.69 Å². The molecule has 0 radical (unpaired) electrons. The van der Waals surface area contributed by atoms with E-state index in [-0.39, 0.29) is 0 Å². The van der Waals surface area contributed by atoms with Gasteiger partial charge in [-0.3, -0.25) is 0 Å². The Bertz CT molecular complexity index is 544. The summed E-state index contributed by atoms with van der Waals surface area (Å²) < 4.78 is 5.45. The highest BCUT2D eigenvalue weighted by Gasteiger charge is 2.06. The molecule has 0 aromatic heterocycles. The highest BCUT2D eigenvalue weighted by molar-refractivity contribution is 5.69. The molecule has 2 rings (SSSR count). The molecule has 100 valence electrons. The lowest BCUT2D eigenvalue weighted by Crippen LogP contribution is -1.96. The zero-order valence-electron chi connectivity index (χ0n) is 11.8. The fourth-order valence-electron chi connectivity index (χ4n) is 2.19. The Morgan fingerprint density at radius 2 is 1.63 bits per heavy atom. The number of nitrogen functional groups attached to an aromatic ring is 1. The van der Waals surface area contributed by atoms with Gasteiger partial charge in [-0.1, -0.05) is 38.1 Å². The fourth-order valence-corrected chi connectivity index (χ4v) is 2.19. The van der Waals surface area contributed by atoms with Gasteiger partial charge in [0.25, 0.3) is 0 Å². The molecular weight excluding hydrogens is 234 g/mol. The van der Waals surface area contributed by atoms with Crippen molar-refractivity contribution in [3.05, 3.63) is 48.0 Å². The van der Waals surface area contributed by atoms with E-state index in [0.29, 0.717) is 12.5 Å². The van der Waals surface area contributed by atoms with E-state index in [1.807, 2.05) is 25.1 Å². The number of rotatable bonds is 4. The van der Waals surface area contributed by atoms with Gasteiger partial charge >= 0.3 is 0 Å². The highest BCUT2D eigenvalue weighted by Crippen LogP contribution is 2.29. The zero-order chi connectivity index (χ0) is 13.8. The van der Waals surface area contributed by atoms with Crippen LogP contribution in [0.3, 0.4) is 0 Å². The molecule has 2 heteroatoms. The van der Waals surface area contributed by atoms with Gasteiger partial charge in [-0.05, 0) is 47.7 Å². The van der Waals surface area contributed by atoms with Gasteiger partial charge in [0.15, 0.2) is 0 Å². The SMILES string of the molecule is CCOc1ccc(-c2ccc(C(C)C)c(N)c2)cc1. The van der Waals surface area contributed by atoms with Crippen LogP contribution >= 0.6 is 0 Å². The highest BCUT2D eigenvalue weighted by atomic mass is 16.5. The molecule has 2 aromatic rings. The summed E-state index contributed by atoms with van der Waals surface area (Å²) in [6.45, 7) is 6.99. The number of benzene rings is 2. The lowest BCUT2D eigenvalue weighted by atomic mass is 9.97. The van der Waals surface area contributed by atoms with E-state index in [1.54, 1.807) is 0 Å². The van der Waals surface area contributed by atoms with Crippen LogP contribution in [0.2, 0.25) is 0 Å². The zero-order valence-corrected chi connectivity index (χ0v) is 11.8. The lowest BCUT2D eigenvalue weighted by molar-refractivity contribution is 0.340. The molecule has 0 atom stereocenters. The number of anilines is 1. The van der Waals surface area contributed by atoms with Gasteiger partial charge in [0.1, 0.15) is 5.75 Å². The quantitative estimate of drug-likeness (QED) is 0.819. The monoisotopic (exact) mass is 255 g/mol. The summed E-state index contributed by atoms with van der Waals surface area (Å²) in [5, 5.41) is 0. The lowest BCUT2D eigenvalue weighted by Gasteiger charge is -2.11. The summed E-state index contributed by atoms with van der Waals surface area (Å²) in [5.74, 6) is 1.35. The molecule has 0 amide bonds. The summed E-state index contributed by atoms with van der Waals surface area (Å²) >= 11 is 0. The normalized spacial score (nSPS) is 10.7. The minimum absolute atomic E-state index is 0.453. The topological polar surface area (TPSA) is 35.2 Å². The van der Waals surface area contributed by atoms with Crippen molar-refractivity contribution in [3.63, 3.8) is 0 Å². The van der Waals surface area contributed by atoms with Gasteiger partial charge in [0.2, 0.25) is 0 Å². The van der Waals surface area contributed by atoms with Crippen LogP contribution < -0.4 is 10.5 Å². The van der Waals surface area contributed by atoms with Gasteiger partial charge in [0.05, 0.1) is 6.61 Å². The molecule has 0 aliphatic carbocycles. The maximum absolute atomic E-state index is 6.11. The van der Waals surface area contributed by atoms with Crippen molar-refractivity contribution in [2.75, 3.05) is 12.3 Å². The second-order valence-electron chi connectivity index (χ2n) is 4.96. The molecule has 2 nitrogen and oxygen atoms in total. The molecule has 0 aliphatic heterocycles. The molecule has 0 saturated heterocycles. The minimum Gasteiger partial charge on any atom is -0.494 e. The first-order valence-corrected chi connectivity index (χ1v) is 6.74. The Morgan fingerprint density at radius 3 is 2.16 bits per heavy atom. The van der Waals surface area contributed by atoms with Crippen molar-refractivity contribution in [2.24, 2.45) is 0 Å². The number of ether oxygens (including phenoxy) is 1. The predicted octanol–water partition coefficient (Wildman–Crippen LogP) is 4.46. The average molecular weight is 255 g/mol. The van der Waals surface area contributed by atoms with Crippen LogP contribution in [0.25, 0.3) is 11.1 Å². The van der Waals surface area contributed by atoms with Gasteiger partial charge in [-0.15, -0.1) is 0 Å². The van der Waals surface area contributed by atoms with Crippen molar-refractivity contribution in [1.82, 2.24) is 0 Å². The van der Waals surface area contributed by atoms with E-state index in [0.717, 1.165) is 22.6 Å². The van der Waals surface area contributed by atoms with Crippen LogP contribution in [-0.4, -0.2) is 6.61 Å². The molecule has 0 fully saturated rings. The Labute approximate surface area is 115 Å². The van der Waals surface area contributed by atoms with Gasteiger partial charge < -0.3 is 10.5 Å². The van der Waals surface area contributed by atoms with Crippen molar-refractivity contribution in [3.8, 4) is 16.9 Å². The van der Waals surface area contributed by atoms with E-state index < -0.39 is 0 Å². The number of nitrogens with two attached hydrogens (primary N) is 1. The largest absolute Gasteiger partial charge is 0.494 e. The second kappa shape index (κ2) is 5.79. The van der Waals surface area contributed by atoms with Crippen molar-refractivity contribution in [1.29, 1.82) is 0 Å². The third kappa shape index (κ3) is 3.08. The van der Waals surface area contributed by atoms with Crippen LogP contribution in [-0.2, 0) is 0 Å². The molecule has 2 N–H and O–H groups in total. The maximum atomic E-state index is 6.11. The third-order valence-corrected chi connectivity index (χ3v) is 3.21. The van der Waals surface area contributed by atoms with Crippen molar-refractivity contribution >= 4 is 5.69 Å². The average Bonchev–Trinajstić information content (AvgIpc) is 2.39. The first-order chi connectivity index (χ1) is 9.11. The fraction of sp³-hybridized carbons (Fsp3) is 0.294. The molecule has 2 aromatic carbocycles. The van der Waals surface area contributed by atoms with Gasteiger partial charge in [-0.2, -0.15) is 0 Å². The molecule has 0 aliphatic rings. The van der Waals surface area contributed by atoms with E-state index >= 15 is 0 Å². The number of hydrogen-bond acceptors (Lipinski definition) is 2. The van der Waals surface area contributed by atoms with Crippen molar-refractivity contribution < 1.29 is 4.74 Å². The third-order valence-electron chi connectivity index (χ3n) is 3.21. The Balaban J connectivity index is 2.29. The molecule has 0 saturated carbocycles. The van der Waals surface area contributed by atoms with E-state index in [4.69, 9.17) is 10.5 Å². The van der Waals surface area contributed by atoms with Crippen LogP contribution in [0.5, 0.6) is 5.75 Å². The standard InChI is InChI=1S/C17H21NO/c1-4-19-15-8-5-13(6-9-15)14-7-10-16(12(2)3)17(18)11-14/h5-12H,4,18H2,1-3H3. The molecule has 0 unspecified atom stereocenters. The summed E-state index contributed by atoms with van der Waals surface area (Å²) in [4.78, 5) is 0. The molecule has 0 spiro atoms. The molecule has 0 heterocycles. The Morgan fingerprint density at radius 1 is 1.00 bits per heavy atom. The van der Waals surface area contributed by atoms with Crippen LogP contribution in [0.1, 0.15) is 32.3 Å². The summed E-state index contributed by atoms with van der Waals surface area (Å²) in [7, 11) is 0. The van der Waals surface area contributed by atoms with Crippen LogP contribution in [0.15, 0.2) is 42.5 Å². The predicted molar refractivity (Wildman–Crippen MR) is 81.5 cm³/mol. The van der Waals surface area contributed by atoms with E-state index in [9.17, 15) is 0 Å². The van der Waals surface area contributed by atoms with Gasteiger partial charge in [0, 0.05) is 5.69 Å². The number of hydrogen-bond donors (Lipinski definition) is 1. The molecule has 0 bridgehead atoms.